The highest BCUT2D eigenvalue weighted by molar-refractivity contribution is 5.19. The van der Waals surface area contributed by atoms with Gasteiger partial charge in [0.25, 0.3) is 0 Å². The summed E-state index contributed by atoms with van der Waals surface area (Å²) in [6.45, 7) is 2.51. The first-order valence-corrected chi connectivity index (χ1v) is 10.3. The molecule has 2 unspecified atom stereocenters. The van der Waals surface area contributed by atoms with E-state index in [1.165, 1.54) is 38.3 Å². The first-order valence-electron chi connectivity index (χ1n) is 10.3. The van der Waals surface area contributed by atoms with E-state index in [0.717, 1.165) is 38.3 Å². The molecule has 26 heavy (non-hydrogen) atoms. The molecule has 1 aliphatic heterocycles. The van der Waals surface area contributed by atoms with Gasteiger partial charge in [-0.15, -0.1) is 0 Å². The van der Waals surface area contributed by atoms with Crippen LogP contribution in [0.1, 0.15) is 63.2 Å². The van der Waals surface area contributed by atoms with Gasteiger partial charge in [-0.2, -0.15) is 0 Å². The van der Waals surface area contributed by atoms with Gasteiger partial charge in [-0.25, -0.2) is 0 Å². The number of aromatic nitrogens is 1. The van der Waals surface area contributed by atoms with Gasteiger partial charge in [-0.3, -0.25) is 9.88 Å². The molecular weight excluding hydrogens is 328 g/mol. The minimum absolute atomic E-state index is 0.119. The fourth-order valence-electron chi connectivity index (χ4n) is 5.73. The van der Waals surface area contributed by atoms with Crippen molar-refractivity contribution >= 4 is 0 Å². The maximum absolute atomic E-state index is 11.1. The molecule has 0 amide bonds. The third-order valence-electron chi connectivity index (χ3n) is 6.87. The summed E-state index contributed by atoms with van der Waals surface area (Å²) in [4.78, 5) is 6.43. The second-order valence-electron chi connectivity index (χ2n) is 9.04. The smallest absolute Gasteiger partial charge is 0.133 e. The van der Waals surface area contributed by atoms with Crippen molar-refractivity contribution in [1.82, 2.24) is 9.88 Å². The van der Waals surface area contributed by atoms with Gasteiger partial charge >= 0.3 is 0 Å². The van der Waals surface area contributed by atoms with Crippen LogP contribution in [0, 0.1) is 17.8 Å². The molecule has 4 atom stereocenters. The average molecular weight is 360 g/mol. The molecule has 0 spiro atoms. The van der Waals surface area contributed by atoms with Crippen LogP contribution in [-0.2, 0) is 0 Å². The molecule has 3 N–H and O–H groups in total. The Balaban J connectivity index is 1.28. The van der Waals surface area contributed by atoms with Gasteiger partial charge in [0.1, 0.15) is 11.9 Å². The maximum Gasteiger partial charge on any atom is 0.133 e. The van der Waals surface area contributed by atoms with Gasteiger partial charge in [0.05, 0.1) is 17.5 Å². The van der Waals surface area contributed by atoms with Crippen LogP contribution in [0.4, 0.5) is 0 Å². The Morgan fingerprint density at radius 2 is 1.81 bits per heavy atom. The number of likely N-dealkylation sites (tertiary alicyclic amines) is 1. The van der Waals surface area contributed by atoms with Gasteiger partial charge in [-0.05, 0) is 49.1 Å². The zero-order chi connectivity index (χ0) is 18.1. The van der Waals surface area contributed by atoms with Crippen molar-refractivity contribution in [2.24, 2.45) is 17.8 Å². The molecular formula is C21H32N2O3. The fourth-order valence-corrected chi connectivity index (χ4v) is 5.73. The van der Waals surface area contributed by atoms with E-state index in [9.17, 15) is 15.3 Å². The number of rotatable bonds is 5. The Bertz CT molecular complexity index is 586. The number of aliphatic hydroxyl groups is 2. The summed E-state index contributed by atoms with van der Waals surface area (Å²) in [5.41, 5.74) is 0.161. The Morgan fingerprint density at radius 3 is 2.42 bits per heavy atom. The third kappa shape index (κ3) is 4.05. The molecule has 0 bridgehead atoms. The van der Waals surface area contributed by atoms with Crippen molar-refractivity contribution in [2.45, 2.75) is 63.1 Å². The van der Waals surface area contributed by atoms with Crippen molar-refractivity contribution in [2.75, 3.05) is 19.6 Å². The summed E-state index contributed by atoms with van der Waals surface area (Å²) in [5.74, 6) is 1.96. The maximum atomic E-state index is 11.1. The fraction of sp³-hybridized carbons (Fsp3) is 0.762. The molecule has 5 nitrogen and oxygen atoms in total. The summed E-state index contributed by atoms with van der Waals surface area (Å²) in [7, 11) is 0. The lowest BCUT2D eigenvalue weighted by Gasteiger charge is -2.32. The molecule has 144 valence electrons. The van der Waals surface area contributed by atoms with E-state index in [0.29, 0.717) is 24.1 Å². The lowest BCUT2D eigenvalue weighted by atomic mass is 9.79. The first-order chi connectivity index (χ1) is 12.5. The predicted molar refractivity (Wildman–Crippen MR) is 99.7 cm³/mol. The van der Waals surface area contributed by atoms with Crippen LogP contribution in [0.2, 0.25) is 0 Å². The van der Waals surface area contributed by atoms with E-state index >= 15 is 0 Å². The van der Waals surface area contributed by atoms with Crippen molar-refractivity contribution in [3.05, 3.63) is 24.0 Å². The molecule has 5 heteroatoms. The van der Waals surface area contributed by atoms with Crippen molar-refractivity contribution in [3.8, 4) is 5.75 Å². The van der Waals surface area contributed by atoms with Gasteiger partial charge < -0.3 is 15.3 Å². The molecule has 2 aliphatic carbocycles. The molecule has 0 aromatic carbocycles. The number of aliphatic hydroxyl groups excluding tert-OH is 1. The summed E-state index contributed by atoms with van der Waals surface area (Å²) in [6, 6.07) is 3.25. The van der Waals surface area contributed by atoms with Gasteiger partial charge in [0.2, 0.25) is 0 Å². The van der Waals surface area contributed by atoms with E-state index in [4.69, 9.17) is 0 Å². The topological polar surface area (TPSA) is 76.8 Å². The first kappa shape index (κ1) is 18.2. The molecule has 1 aromatic heterocycles. The molecule has 3 aliphatic rings. The summed E-state index contributed by atoms with van der Waals surface area (Å²) < 4.78 is 0. The zero-order valence-corrected chi connectivity index (χ0v) is 15.6. The second kappa shape index (κ2) is 7.45. The second-order valence-corrected chi connectivity index (χ2v) is 9.04. The van der Waals surface area contributed by atoms with Crippen LogP contribution in [0.3, 0.4) is 0 Å². The van der Waals surface area contributed by atoms with Crippen LogP contribution in [0.15, 0.2) is 18.3 Å². The molecule has 0 radical (unpaired) electrons. The van der Waals surface area contributed by atoms with Crippen LogP contribution in [0.5, 0.6) is 5.75 Å². The highest BCUT2D eigenvalue weighted by Crippen LogP contribution is 2.48. The van der Waals surface area contributed by atoms with Crippen molar-refractivity contribution in [1.29, 1.82) is 0 Å². The standard InChI is InChI=1S/C21H32N2O3/c24-18-6-7-19(22-11-18)20(25)14-23-12-16-9-21(26,10-17(16)13-23)8-15-4-2-1-3-5-15/h6-7,11,15-17,20,24-26H,1-5,8-10,12-14H2/t16-,17+,20?,21?. The Labute approximate surface area is 156 Å². The molecule has 4 rings (SSSR count). The lowest BCUT2D eigenvalue weighted by Crippen LogP contribution is -2.34. The number of β-amino-alcohol motifs (C(OH)–C–C–N with tert-alkyl or cyclic N) is 1. The Morgan fingerprint density at radius 1 is 1.12 bits per heavy atom. The average Bonchev–Trinajstić information content (AvgIpc) is 3.10. The van der Waals surface area contributed by atoms with Crippen LogP contribution < -0.4 is 0 Å². The summed E-state index contributed by atoms with van der Waals surface area (Å²) in [6.07, 6.45) is 10.3. The minimum atomic E-state index is -0.629. The zero-order valence-electron chi connectivity index (χ0n) is 15.6. The van der Waals surface area contributed by atoms with E-state index in [2.05, 4.69) is 9.88 Å². The van der Waals surface area contributed by atoms with E-state index in [1.807, 2.05) is 0 Å². The normalized spacial score (nSPS) is 34.1. The number of hydrogen-bond donors (Lipinski definition) is 3. The van der Waals surface area contributed by atoms with E-state index < -0.39 is 11.7 Å². The van der Waals surface area contributed by atoms with E-state index in [-0.39, 0.29) is 5.75 Å². The Hall–Kier alpha value is -1.17. The van der Waals surface area contributed by atoms with Crippen molar-refractivity contribution in [3.63, 3.8) is 0 Å². The predicted octanol–water partition coefficient (Wildman–Crippen LogP) is 2.86. The molecule has 1 saturated heterocycles. The number of pyridine rings is 1. The van der Waals surface area contributed by atoms with Crippen molar-refractivity contribution < 1.29 is 15.3 Å². The quantitative estimate of drug-likeness (QED) is 0.753. The number of hydrogen-bond acceptors (Lipinski definition) is 5. The molecule has 3 fully saturated rings. The third-order valence-corrected chi connectivity index (χ3v) is 6.87. The van der Waals surface area contributed by atoms with E-state index in [1.54, 1.807) is 12.1 Å². The molecule has 1 aromatic rings. The monoisotopic (exact) mass is 360 g/mol. The molecule has 2 heterocycles. The van der Waals surface area contributed by atoms with Gasteiger partial charge in [-0.1, -0.05) is 32.1 Å². The summed E-state index contributed by atoms with van der Waals surface area (Å²) in [5, 5.41) is 30.9. The lowest BCUT2D eigenvalue weighted by molar-refractivity contribution is 0.00454. The Kier molecular flexibility index (Phi) is 5.22. The highest BCUT2D eigenvalue weighted by atomic mass is 16.3. The molecule has 2 saturated carbocycles. The van der Waals surface area contributed by atoms with Crippen LogP contribution in [0.25, 0.3) is 0 Å². The van der Waals surface area contributed by atoms with Gasteiger partial charge in [0, 0.05) is 19.6 Å². The van der Waals surface area contributed by atoms with Gasteiger partial charge in [0.15, 0.2) is 0 Å². The van der Waals surface area contributed by atoms with Crippen LogP contribution >= 0.6 is 0 Å². The number of fused-ring (bicyclic) bond motifs is 1. The summed E-state index contributed by atoms with van der Waals surface area (Å²) >= 11 is 0. The highest BCUT2D eigenvalue weighted by Gasteiger charge is 2.48. The number of nitrogens with zero attached hydrogens (tertiary/aromatic N) is 2. The number of aromatic hydroxyl groups is 1. The van der Waals surface area contributed by atoms with Crippen LogP contribution in [-0.4, -0.2) is 50.4 Å². The minimum Gasteiger partial charge on any atom is -0.506 e. The largest absolute Gasteiger partial charge is 0.506 e. The SMILES string of the molecule is Oc1ccc(C(O)CN2C[C@@H]3CC(O)(CC4CCCCC4)C[C@@H]3C2)nc1.